The molecular weight excluding hydrogens is 422 g/mol. The zero-order valence-electron chi connectivity index (χ0n) is 17.7. The van der Waals surface area contributed by atoms with Gasteiger partial charge in [0.25, 0.3) is 0 Å². The highest BCUT2D eigenvalue weighted by Crippen LogP contribution is 2.66. The number of methoxy groups -OCH3 is 1. The van der Waals surface area contributed by atoms with E-state index >= 15 is 0 Å². The van der Waals surface area contributed by atoms with E-state index in [-0.39, 0.29) is 24.7 Å². The van der Waals surface area contributed by atoms with Crippen LogP contribution < -0.4 is 9.47 Å². The molecule has 2 aliphatic heterocycles. The maximum absolute atomic E-state index is 13.1. The summed E-state index contributed by atoms with van der Waals surface area (Å²) in [5.41, 5.74) is -0.451. The summed E-state index contributed by atoms with van der Waals surface area (Å²) in [6.07, 6.45) is -4.16. The average molecular weight is 447 g/mol. The summed E-state index contributed by atoms with van der Waals surface area (Å²) in [6, 6.07) is 3.42. The van der Waals surface area contributed by atoms with Gasteiger partial charge >= 0.3 is 11.9 Å². The number of benzene rings is 1. The van der Waals surface area contributed by atoms with Crippen molar-refractivity contribution in [2.75, 3.05) is 20.7 Å². The number of aliphatic hydroxyl groups excluding tert-OH is 2. The fourth-order valence-electron chi connectivity index (χ4n) is 6.37. The van der Waals surface area contributed by atoms with E-state index in [1.807, 2.05) is 13.1 Å². The normalized spacial score (nSPS) is 34.2. The largest absolute Gasteiger partial charge is 0.493 e. The lowest BCUT2D eigenvalue weighted by Gasteiger charge is -2.63. The second kappa shape index (κ2) is 6.90. The number of hydrogen-bond donors (Lipinski definition) is 3. The van der Waals surface area contributed by atoms with Crippen LogP contribution in [0, 0.1) is 0 Å². The monoisotopic (exact) mass is 447 g/mol. The van der Waals surface area contributed by atoms with Gasteiger partial charge in [-0.15, -0.1) is 0 Å². The van der Waals surface area contributed by atoms with Gasteiger partial charge in [0.2, 0.25) is 0 Å². The molecule has 10 nitrogen and oxygen atoms in total. The minimum Gasteiger partial charge on any atom is -0.493 e. The van der Waals surface area contributed by atoms with Crippen LogP contribution >= 0.6 is 0 Å². The van der Waals surface area contributed by atoms with E-state index < -0.39 is 41.3 Å². The number of hydrogen-bond acceptors (Lipinski definition) is 9. The summed E-state index contributed by atoms with van der Waals surface area (Å²) in [6.45, 7) is 0.632. The van der Waals surface area contributed by atoms with Gasteiger partial charge in [-0.2, -0.15) is 0 Å². The number of rotatable bonds is 5. The Labute approximate surface area is 183 Å². The molecule has 2 aliphatic carbocycles. The van der Waals surface area contributed by atoms with Gasteiger partial charge in [-0.3, -0.25) is 9.69 Å². The SMILES string of the molecule is COc1ccc2c3c1O[C@H]1C(=O)CC[C@@]4(OC(=O)C(O)C(O)C(=O)O)[C@@H](C2)N(C)CC[C@]314. The van der Waals surface area contributed by atoms with Gasteiger partial charge in [-0.25, -0.2) is 9.59 Å². The molecule has 1 aromatic carbocycles. The number of carbonyl (C=O) groups is 3. The Morgan fingerprint density at radius 2 is 2.00 bits per heavy atom. The number of piperidine rings is 1. The van der Waals surface area contributed by atoms with E-state index in [0.717, 1.165) is 11.1 Å². The van der Waals surface area contributed by atoms with Crippen molar-refractivity contribution in [3.63, 3.8) is 0 Å². The molecule has 172 valence electrons. The molecule has 2 fully saturated rings. The predicted octanol–water partition coefficient (Wildman–Crippen LogP) is -0.594. The van der Waals surface area contributed by atoms with Crippen LogP contribution in [-0.2, 0) is 31.0 Å². The van der Waals surface area contributed by atoms with E-state index in [4.69, 9.17) is 19.3 Å². The molecule has 2 unspecified atom stereocenters. The Hall–Kier alpha value is -2.69. The lowest BCUT2D eigenvalue weighted by Crippen LogP contribution is -2.77. The highest BCUT2D eigenvalue weighted by molar-refractivity contribution is 5.91. The van der Waals surface area contributed by atoms with Crippen LogP contribution in [0.4, 0.5) is 0 Å². The van der Waals surface area contributed by atoms with Crippen molar-refractivity contribution in [3.05, 3.63) is 23.3 Å². The Balaban J connectivity index is 1.69. The van der Waals surface area contributed by atoms with Crippen molar-refractivity contribution in [1.82, 2.24) is 4.90 Å². The highest BCUT2D eigenvalue weighted by atomic mass is 16.6. The van der Waals surface area contributed by atoms with Gasteiger partial charge in [-0.05, 0) is 44.5 Å². The molecule has 32 heavy (non-hydrogen) atoms. The number of ether oxygens (including phenoxy) is 3. The molecule has 3 N–H and O–H groups in total. The number of carboxylic acid groups (broad SMARTS) is 1. The molecule has 4 aliphatic rings. The fourth-order valence-corrected chi connectivity index (χ4v) is 6.37. The van der Waals surface area contributed by atoms with Crippen molar-refractivity contribution in [3.8, 4) is 11.5 Å². The van der Waals surface area contributed by atoms with Crippen LogP contribution in [0.2, 0.25) is 0 Å². The minimum absolute atomic E-state index is 0.0998. The number of carboxylic acids is 1. The lowest BCUT2D eigenvalue weighted by molar-refractivity contribution is -0.223. The molecule has 0 radical (unpaired) electrons. The molecule has 0 aromatic heterocycles. The van der Waals surface area contributed by atoms with Gasteiger partial charge < -0.3 is 29.5 Å². The van der Waals surface area contributed by atoms with Gasteiger partial charge in [-0.1, -0.05) is 6.07 Å². The number of esters is 1. The van der Waals surface area contributed by atoms with Gasteiger partial charge in [0.15, 0.2) is 35.6 Å². The van der Waals surface area contributed by atoms with Crippen molar-refractivity contribution < 1.29 is 43.9 Å². The molecule has 6 atom stereocenters. The second-order valence-corrected chi connectivity index (χ2v) is 9.06. The summed E-state index contributed by atoms with van der Waals surface area (Å²) in [5, 5.41) is 28.9. The smallest absolute Gasteiger partial charge is 0.339 e. The summed E-state index contributed by atoms with van der Waals surface area (Å²) >= 11 is 0. The fraction of sp³-hybridized carbons (Fsp3) is 0.591. The Morgan fingerprint density at radius 3 is 2.69 bits per heavy atom. The molecule has 1 saturated carbocycles. The predicted molar refractivity (Wildman–Crippen MR) is 107 cm³/mol. The summed E-state index contributed by atoms with van der Waals surface area (Å²) in [7, 11) is 3.42. The first-order valence-corrected chi connectivity index (χ1v) is 10.6. The van der Waals surface area contributed by atoms with Crippen LogP contribution in [0.1, 0.15) is 30.4 Å². The van der Waals surface area contributed by atoms with Gasteiger partial charge in [0.1, 0.15) is 5.60 Å². The van der Waals surface area contributed by atoms with Gasteiger partial charge in [0.05, 0.1) is 18.6 Å². The Kier molecular flexibility index (Phi) is 4.57. The first-order chi connectivity index (χ1) is 15.2. The maximum atomic E-state index is 13.1. The lowest BCUT2D eigenvalue weighted by atomic mass is 9.49. The molecule has 1 aromatic rings. The van der Waals surface area contributed by atoms with Crippen LogP contribution in [0.3, 0.4) is 0 Å². The Morgan fingerprint density at radius 1 is 1.25 bits per heavy atom. The average Bonchev–Trinajstić information content (AvgIpc) is 3.13. The Bertz CT molecular complexity index is 1020. The first-order valence-electron chi connectivity index (χ1n) is 10.6. The van der Waals surface area contributed by atoms with E-state index in [0.29, 0.717) is 30.9 Å². The zero-order chi connectivity index (χ0) is 23.0. The van der Waals surface area contributed by atoms with Crippen molar-refractivity contribution in [2.45, 2.75) is 61.1 Å². The molecule has 10 heteroatoms. The van der Waals surface area contributed by atoms with Crippen LogP contribution in [0.25, 0.3) is 0 Å². The highest BCUT2D eigenvalue weighted by Gasteiger charge is 2.75. The van der Waals surface area contributed by atoms with Crippen molar-refractivity contribution >= 4 is 17.7 Å². The molecule has 1 spiro atoms. The quantitative estimate of drug-likeness (QED) is 0.501. The second-order valence-electron chi connectivity index (χ2n) is 9.06. The van der Waals surface area contributed by atoms with Crippen molar-refractivity contribution in [2.24, 2.45) is 0 Å². The number of nitrogens with zero attached hydrogens (tertiary/aromatic N) is 1. The maximum Gasteiger partial charge on any atom is 0.339 e. The van der Waals surface area contributed by atoms with Crippen LogP contribution in [-0.4, -0.2) is 88.6 Å². The number of carbonyl (C=O) groups excluding carboxylic acids is 2. The van der Waals surface area contributed by atoms with E-state index in [1.165, 1.54) is 7.11 Å². The zero-order valence-corrected chi connectivity index (χ0v) is 17.7. The third-order valence-corrected chi connectivity index (χ3v) is 7.77. The van der Waals surface area contributed by atoms with Crippen LogP contribution in [0.15, 0.2) is 12.1 Å². The molecule has 5 rings (SSSR count). The topological polar surface area (TPSA) is 143 Å². The molecule has 2 bridgehead atoms. The number of aliphatic hydroxyl groups is 2. The standard InChI is InChI=1S/C22H25NO9/c1-23-8-7-21-14-10-3-4-12(30-2)17(14)31-18(21)11(24)5-6-22(21,13(23)9-10)32-20(29)16(26)15(25)19(27)28/h3-4,13,15-16,18,25-26H,5-9H2,1-2H3,(H,27,28)/t13-,15?,16?,18+,21+,22-/m1/s1. The number of Topliss-reactive ketones (excluding diaryl/α,β-unsaturated/α-hetero) is 1. The molecular formula is C22H25NO9. The van der Waals surface area contributed by atoms with Crippen LogP contribution in [0.5, 0.6) is 11.5 Å². The molecule has 1 saturated heterocycles. The first kappa shape index (κ1) is 21.2. The minimum atomic E-state index is -2.32. The van der Waals surface area contributed by atoms with E-state index in [1.54, 1.807) is 6.07 Å². The number of ketones is 1. The van der Waals surface area contributed by atoms with E-state index in [2.05, 4.69) is 4.90 Å². The summed E-state index contributed by atoms with van der Waals surface area (Å²) in [5.74, 6) is -2.10. The molecule has 2 heterocycles. The van der Waals surface area contributed by atoms with Gasteiger partial charge in [0, 0.05) is 12.0 Å². The summed E-state index contributed by atoms with van der Waals surface area (Å²) in [4.78, 5) is 39.2. The third-order valence-electron chi connectivity index (χ3n) is 7.77. The van der Waals surface area contributed by atoms with Crippen molar-refractivity contribution in [1.29, 1.82) is 0 Å². The molecule has 0 amide bonds. The third kappa shape index (κ3) is 2.42. The number of likely N-dealkylation sites (tertiary alicyclic amines) is 1. The number of aliphatic carboxylic acids is 1. The summed E-state index contributed by atoms with van der Waals surface area (Å²) < 4.78 is 17.7. The number of likely N-dealkylation sites (N-methyl/N-ethyl adjacent to an activating group) is 1. The van der Waals surface area contributed by atoms with E-state index in [9.17, 15) is 24.6 Å².